The van der Waals surface area contributed by atoms with Gasteiger partial charge < -0.3 is 14.4 Å². The Bertz CT molecular complexity index is 1240. The van der Waals surface area contributed by atoms with Gasteiger partial charge in [0.1, 0.15) is 0 Å². The van der Waals surface area contributed by atoms with Gasteiger partial charge in [-0.05, 0) is 17.5 Å². The zero-order valence-corrected chi connectivity index (χ0v) is 17.8. The molecule has 4 rings (SSSR count). The van der Waals surface area contributed by atoms with Crippen LogP contribution >= 0.6 is 11.3 Å². The fourth-order valence-corrected chi connectivity index (χ4v) is 5.48. The molecule has 0 aliphatic carbocycles. The van der Waals surface area contributed by atoms with Gasteiger partial charge in [-0.3, -0.25) is 9.59 Å². The number of fused-ring (bicyclic) bond motifs is 1. The molecule has 0 bridgehead atoms. The molecule has 7 nitrogen and oxygen atoms in total. The first-order valence-corrected chi connectivity index (χ1v) is 12.0. The lowest BCUT2D eigenvalue weighted by molar-refractivity contribution is 0.0747. The van der Waals surface area contributed by atoms with Gasteiger partial charge in [0.05, 0.1) is 16.8 Å². The maximum atomic E-state index is 12.9. The van der Waals surface area contributed by atoms with Gasteiger partial charge in [0.15, 0.2) is 14.7 Å². The molecule has 1 aliphatic heterocycles. The minimum atomic E-state index is -3.75. The molecule has 1 amide bonds. The number of anilines is 1. The number of thiophene rings is 1. The van der Waals surface area contributed by atoms with E-state index >= 15 is 0 Å². The molecule has 0 N–H and O–H groups in total. The summed E-state index contributed by atoms with van der Waals surface area (Å²) >= 11 is 1.48. The molecule has 0 atom stereocenters. The van der Waals surface area contributed by atoms with Gasteiger partial charge >= 0.3 is 0 Å². The molecule has 0 radical (unpaired) electrons. The fraction of sp³-hybridized carbons (Fsp3) is 0.300. The quantitative estimate of drug-likeness (QED) is 0.634. The van der Waals surface area contributed by atoms with Crippen molar-refractivity contribution in [3.8, 4) is 0 Å². The van der Waals surface area contributed by atoms with Gasteiger partial charge in [0.25, 0.3) is 11.5 Å². The summed E-state index contributed by atoms with van der Waals surface area (Å²) in [6, 6.07) is 9.10. The SMILES string of the molecule is Cn1c(=O)c(S(C)(=O)=O)c(N2CCN(C(=O)c3ccsc3)CC2)c2ccccc21. The number of carbonyl (C=O) groups is 1. The molecular weight excluding hydrogens is 410 g/mol. The predicted molar refractivity (Wildman–Crippen MR) is 115 cm³/mol. The van der Waals surface area contributed by atoms with Crippen molar-refractivity contribution in [2.75, 3.05) is 37.3 Å². The first-order valence-electron chi connectivity index (χ1n) is 9.17. The Morgan fingerprint density at radius 2 is 1.76 bits per heavy atom. The number of hydrogen-bond acceptors (Lipinski definition) is 6. The molecule has 1 aliphatic rings. The molecule has 0 unspecified atom stereocenters. The number of aromatic nitrogens is 1. The lowest BCUT2D eigenvalue weighted by Gasteiger charge is -2.37. The van der Waals surface area contributed by atoms with Crippen molar-refractivity contribution in [1.29, 1.82) is 0 Å². The van der Waals surface area contributed by atoms with Crippen LogP contribution in [0.25, 0.3) is 10.9 Å². The molecule has 1 saturated heterocycles. The van der Waals surface area contributed by atoms with Crippen LogP contribution in [0.5, 0.6) is 0 Å². The Morgan fingerprint density at radius 3 is 2.38 bits per heavy atom. The standard InChI is InChI=1S/C20H21N3O4S2/c1-21-16-6-4-3-5-15(16)17(18(20(21)25)29(2,26)27)22-8-10-23(11-9-22)19(24)14-7-12-28-13-14/h3-7,12-13H,8-11H2,1-2H3. The fourth-order valence-electron chi connectivity index (χ4n) is 3.80. The number of nitrogens with zero attached hydrogens (tertiary/aromatic N) is 3. The van der Waals surface area contributed by atoms with Crippen molar-refractivity contribution >= 4 is 43.7 Å². The second-order valence-electron chi connectivity index (χ2n) is 7.12. The van der Waals surface area contributed by atoms with Crippen LogP contribution in [0.2, 0.25) is 0 Å². The molecule has 3 heterocycles. The van der Waals surface area contributed by atoms with E-state index in [-0.39, 0.29) is 10.8 Å². The minimum absolute atomic E-state index is 0.0249. The molecule has 3 aromatic rings. The van der Waals surface area contributed by atoms with E-state index in [4.69, 9.17) is 0 Å². The zero-order valence-electron chi connectivity index (χ0n) is 16.2. The van der Waals surface area contributed by atoms with E-state index in [1.165, 1.54) is 15.9 Å². The maximum absolute atomic E-state index is 12.9. The number of aryl methyl sites for hydroxylation is 1. The van der Waals surface area contributed by atoms with Crippen molar-refractivity contribution in [1.82, 2.24) is 9.47 Å². The highest BCUT2D eigenvalue weighted by molar-refractivity contribution is 7.90. The van der Waals surface area contributed by atoms with Crippen LogP contribution in [0, 0.1) is 0 Å². The Hall–Kier alpha value is -2.65. The zero-order chi connectivity index (χ0) is 20.8. The third-order valence-corrected chi connectivity index (χ3v) is 7.05. The average Bonchev–Trinajstić information content (AvgIpc) is 3.24. The molecule has 1 fully saturated rings. The largest absolute Gasteiger partial charge is 0.366 e. The van der Waals surface area contributed by atoms with Gasteiger partial charge in [0, 0.05) is 50.2 Å². The lowest BCUT2D eigenvalue weighted by atomic mass is 10.1. The van der Waals surface area contributed by atoms with E-state index in [0.29, 0.717) is 48.3 Å². The first kappa shape index (κ1) is 19.7. The van der Waals surface area contributed by atoms with Crippen LogP contribution in [0.3, 0.4) is 0 Å². The monoisotopic (exact) mass is 431 g/mol. The number of rotatable bonds is 3. The van der Waals surface area contributed by atoms with Crippen LogP contribution in [0.4, 0.5) is 5.69 Å². The highest BCUT2D eigenvalue weighted by atomic mass is 32.2. The van der Waals surface area contributed by atoms with E-state index in [2.05, 4.69) is 0 Å². The summed E-state index contributed by atoms with van der Waals surface area (Å²) in [6.45, 7) is 1.83. The molecule has 0 spiro atoms. The Morgan fingerprint density at radius 1 is 1.07 bits per heavy atom. The van der Waals surface area contributed by atoms with E-state index in [1.54, 1.807) is 18.0 Å². The van der Waals surface area contributed by atoms with Crippen LogP contribution in [-0.2, 0) is 16.9 Å². The van der Waals surface area contributed by atoms with Crippen LogP contribution in [-0.4, -0.2) is 56.2 Å². The molecule has 0 saturated carbocycles. The van der Waals surface area contributed by atoms with E-state index in [1.807, 2.05) is 39.9 Å². The summed E-state index contributed by atoms with van der Waals surface area (Å²) in [5.41, 5.74) is 1.25. The molecule has 152 valence electrons. The molecule has 9 heteroatoms. The van der Waals surface area contributed by atoms with Crippen molar-refractivity contribution < 1.29 is 13.2 Å². The predicted octanol–water partition coefficient (Wildman–Crippen LogP) is 1.97. The number of benzene rings is 1. The molecule has 2 aromatic heterocycles. The molecular formula is C20H21N3O4S2. The van der Waals surface area contributed by atoms with Crippen LogP contribution < -0.4 is 10.5 Å². The normalized spacial score (nSPS) is 15.1. The molecule has 1 aromatic carbocycles. The number of para-hydroxylation sites is 1. The van der Waals surface area contributed by atoms with Gasteiger partial charge in [-0.2, -0.15) is 11.3 Å². The summed E-state index contributed by atoms with van der Waals surface area (Å²) < 4.78 is 26.5. The topological polar surface area (TPSA) is 79.7 Å². The van der Waals surface area contributed by atoms with Gasteiger partial charge in [0.2, 0.25) is 0 Å². The second-order valence-corrected chi connectivity index (χ2v) is 9.86. The summed E-state index contributed by atoms with van der Waals surface area (Å²) in [5, 5.41) is 4.41. The summed E-state index contributed by atoms with van der Waals surface area (Å²) in [6.07, 6.45) is 1.07. The number of carbonyl (C=O) groups excluding carboxylic acids is 1. The van der Waals surface area contributed by atoms with Crippen molar-refractivity contribution in [3.63, 3.8) is 0 Å². The lowest BCUT2D eigenvalue weighted by Crippen LogP contribution is -2.49. The van der Waals surface area contributed by atoms with Gasteiger partial charge in [-0.1, -0.05) is 18.2 Å². The Balaban J connectivity index is 1.76. The number of hydrogen-bond donors (Lipinski definition) is 0. The number of piperazine rings is 1. The minimum Gasteiger partial charge on any atom is -0.366 e. The number of amides is 1. The second kappa shape index (κ2) is 7.31. The summed E-state index contributed by atoms with van der Waals surface area (Å²) in [5.74, 6) is -0.0249. The van der Waals surface area contributed by atoms with E-state index in [0.717, 1.165) is 6.26 Å². The smallest absolute Gasteiger partial charge is 0.271 e. The number of pyridine rings is 1. The van der Waals surface area contributed by atoms with E-state index in [9.17, 15) is 18.0 Å². The average molecular weight is 432 g/mol. The van der Waals surface area contributed by atoms with Crippen LogP contribution in [0.1, 0.15) is 10.4 Å². The van der Waals surface area contributed by atoms with E-state index < -0.39 is 15.4 Å². The first-order chi connectivity index (χ1) is 13.8. The third kappa shape index (κ3) is 3.44. The molecule has 29 heavy (non-hydrogen) atoms. The summed E-state index contributed by atoms with van der Waals surface area (Å²) in [7, 11) is -2.16. The van der Waals surface area contributed by atoms with Gasteiger partial charge in [-0.15, -0.1) is 0 Å². The Kier molecular flexibility index (Phi) is 4.95. The summed E-state index contributed by atoms with van der Waals surface area (Å²) in [4.78, 5) is 29.0. The number of sulfone groups is 1. The van der Waals surface area contributed by atoms with Crippen LogP contribution in [0.15, 0.2) is 50.8 Å². The highest BCUT2D eigenvalue weighted by Crippen LogP contribution is 2.32. The van der Waals surface area contributed by atoms with Gasteiger partial charge in [-0.25, -0.2) is 8.42 Å². The highest BCUT2D eigenvalue weighted by Gasteiger charge is 2.30. The Labute approximate surface area is 172 Å². The van der Waals surface area contributed by atoms with Crippen molar-refractivity contribution in [3.05, 3.63) is 57.0 Å². The maximum Gasteiger partial charge on any atom is 0.271 e. The van der Waals surface area contributed by atoms with Crippen molar-refractivity contribution in [2.24, 2.45) is 7.05 Å². The third-order valence-electron chi connectivity index (χ3n) is 5.26. The van der Waals surface area contributed by atoms with Crippen molar-refractivity contribution in [2.45, 2.75) is 4.90 Å².